The average Bonchev–Trinajstić information content (AvgIpc) is 2.77. The van der Waals surface area contributed by atoms with E-state index in [1.807, 2.05) is 24.9 Å². The van der Waals surface area contributed by atoms with Gasteiger partial charge in [0, 0.05) is 31.2 Å². The number of fused-ring (bicyclic) bond motifs is 1. The minimum absolute atomic E-state index is 0.105. The van der Waals surface area contributed by atoms with Crippen molar-refractivity contribution in [3.63, 3.8) is 0 Å². The Morgan fingerprint density at radius 2 is 1.88 bits per heavy atom. The number of piperidine rings is 2. The summed E-state index contributed by atoms with van der Waals surface area (Å²) in [4.78, 5) is 40.1. The van der Waals surface area contributed by atoms with Crippen LogP contribution < -0.4 is 26.6 Å². The van der Waals surface area contributed by atoms with E-state index in [0.717, 1.165) is 50.0 Å². The predicted octanol–water partition coefficient (Wildman–Crippen LogP) is 0.613. The van der Waals surface area contributed by atoms with Gasteiger partial charge in [0.15, 0.2) is 0 Å². The molecule has 3 heterocycles. The van der Waals surface area contributed by atoms with Crippen LogP contribution >= 0.6 is 0 Å². The number of rotatable bonds is 3. The largest absolute Gasteiger partial charge is 0.342 e. The molecule has 9 heteroatoms. The summed E-state index contributed by atoms with van der Waals surface area (Å²) in [5, 5.41) is 14.8. The highest BCUT2D eigenvalue weighted by molar-refractivity contribution is 6.04. The van der Waals surface area contributed by atoms with Crippen LogP contribution in [0.3, 0.4) is 0 Å². The molecule has 4 atom stereocenters. The average molecular weight is 443 g/mol. The maximum Gasteiger partial charge on any atom is 0.323 e. The number of likely N-dealkylation sites (tertiary alicyclic amines) is 1. The lowest BCUT2D eigenvalue weighted by atomic mass is 9.75. The lowest BCUT2D eigenvalue weighted by molar-refractivity contribution is -0.140. The number of nitrogens with zero attached hydrogens (tertiary/aromatic N) is 1. The first-order chi connectivity index (χ1) is 15.3. The topological polar surface area (TPSA) is 115 Å². The second kappa shape index (κ2) is 9.56. The number of urea groups is 1. The lowest BCUT2D eigenvalue weighted by Gasteiger charge is -2.47. The van der Waals surface area contributed by atoms with Gasteiger partial charge in [-0.15, -0.1) is 0 Å². The van der Waals surface area contributed by atoms with Gasteiger partial charge in [-0.2, -0.15) is 0 Å². The Morgan fingerprint density at radius 1 is 1.12 bits per heavy atom. The van der Waals surface area contributed by atoms with E-state index in [-0.39, 0.29) is 24.2 Å². The minimum Gasteiger partial charge on any atom is -0.342 e. The van der Waals surface area contributed by atoms with E-state index in [9.17, 15) is 14.4 Å². The van der Waals surface area contributed by atoms with Crippen molar-refractivity contribution in [1.82, 2.24) is 31.5 Å². The second-order valence-electron chi connectivity index (χ2n) is 9.30. The maximum atomic E-state index is 13.2. The van der Waals surface area contributed by atoms with Crippen LogP contribution in [0.1, 0.15) is 53.6 Å². The van der Waals surface area contributed by atoms with Crippen molar-refractivity contribution >= 4 is 17.8 Å². The molecule has 3 fully saturated rings. The first-order valence-electron chi connectivity index (χ1n) is 11.5. The summed E-state index contributed by atoms with van der Waals surface area (Å²) in [6.07, 6.45) is 2.34. The number of likely N-dealkylation sites (N-methyl/N-ethyl adjacent to an activating group) is 1. The van der Waals surface area contributed by atoms with Gasteiger partial charge in [-0.25, -0.2) is 4.79 Å². The number of benzene rings is 1. The summed E-state index contributed by atoms with van der Waals surface area (Å²) in [6, 6.07) is 5.41. The van der Waals surface area contributed by atoms with Gasteiger partial charge < -0.3 is 15.5 Å². The molecular weight excluding hydrogens is 408 g/mol. The molecule has 9 nitrogen and oxygen atoms in total. The summed E-state index contributed by atoms with van der Waals surface area (Å²) in [7, 11) is 1.90. The van der Waals surface area contributed by atoms with Crippen LogP contribution in [-0.2, 0) is 4.79 Å². The molecule has 0 saturated carbocycles. The van der Waals surface area contributed by atoms with Crippen LogP contribution in [0.2, 0.25) is 0 Å². The van der Waals surface area contributed by atoms with E-state index in [1.165, 1.54) is 0 Å². The third-order valence-electron chi connectivity index (χ3n) is 7.02. The van der Waals surface area contributed by atoms with Crippen molar-refractivity contribution in [3.05, 3.63) is 34.9 Å². The van der Waals surface area contributed by atoms with Crippen LogP contribution in [0.5, 0.6) is 0 Å². The van der Waals surface area contributed by atoms with E-state index < -0.39 is 11.9 Å². The second-order valence-corrected chi connectivity index (χ2v) is 9.30. The van der Waals surface area contributed by atoms with Crippen LogP contribution in [0.4, 0.5) is 4.79 Å². The fourth-order valence-corrected chi connectivity index (χ4v) is 5.17. The van der Waals surface area contributed by atoms with E-state index in [0.29, 0.717) is 17.5 Å². The fourth-order valence-electron chi connectivity index (χ4n) is 5.17. The van der Waals surface area contributed by atoms with Gasteiger partial charge in [-0.3, -0.25) is 25.5 Å². The minimum atomic E-state index is -0.567. The van der Waals surface area contributed by atoms with Crippen molar-refractivity contribution in [2.45, 2.75) is 57.4 Å². The number of imide groups is 1. The van der Waals surface area contributed by atoms with Gasteiger partial charge in [0.2, 0.25) is 5.91 Å². The molecule has 0 radical (unpaired) electrons. The van der Waals surface area contributed by atoms with E-state index >= 15 is 0 Å². The third kappa shape index (κ3) is 4.79. The van der Waals surface area contributed by atoms with Gasteiger partial charge in [0.05, 0.1) is 5.92 Å². The summed E-state index contributed by atoms with van der Waals surface area (Å²) >= 11 is 0. The lowest BCUT2D eigenvalue weighted by Crippen LogP contribution is -2.60. The van der Waals surface area contributed by atoms with E-state index in [4.69, 9.17) is 0 Å². The highest BCUT2D eigenvalue weighted by Gasteiger charge is 2.43. The number of nitrogens with one attached hydrogen (secondary N) is 5. The highest BCUT2D eigenvalue weighted by atomic mass is 16.2. The SMILES string of the molecule is Cc1ccc(C(=O)NC(=O)NC2NCCCN2)cc1C1CC2CNC(C)CC2N(C)C1=O. The van der Waals surface area contributed by atoms with Gasteiger partial charge in [-0.05, 0) is 75.4 Å². The molecule has 0 aromatic heterocycles. The fraction of sp³-hybridized carbons (Fsp3) is 0.609. The molecule has 174 valence electrons. The highest BCUT2D eigenvalue weighted by Crippen LogP contribution is 2.38. The molecule has 3 aliphatic rings. The molecule has 1 aromatic rings. The van der Waals surface area contributed by atoms with Crippen LogP contribution in [0, 0.1) is 12.8 Å². The zero-order chi connectivity index (χ0) is 22.8. The maximum absolute atomic E-state index is 13.2. The number of carbonyl (C=O) groups excluding carboxylic acids is 3. The normalized spacial score (nSPS) is 28.7. The van der Waals surface area contributed by atoms with Gasteiger partial charge in [0.25, 0.3) is 5.91 Å². The summed E-state index contributed by atoms with van der Waals surface area (Å²) < 4.78 is 0. The van der Waals surface area contributed by atoms with Gasteiger partial charge in [-0.1, -0.05) is 6.07 Å². The molecular formula is C23H34N6O3. The molecule has 4 amide bonds. The van der Waals surface area contributed by atoms with Crippen molar-refractivity contribution in [3.8, 4) is 0 Å². The van der Waals surface area contributed by atoms with Crippen molar-refractivity contribution < 1.29 is 14.4 Å². The van der Waals surface area contributed by atoms with Crippen molar-refractivity contribution in [2.75, 3.05) is 26.7 Å². The first-order valence-corrected chi connectivity index (χ1v) is 11.5. The molecule has 4 rings (SSSR count). The molecule has 0 bridgehead atoms. The molecule has 1 aromatic carbocycles. The van der Waals surface area contributed by atoms with E-state index in [2.05, 4.69) is 33.5 Å². The van der Waals surface area contributed by atoms with Crippen molar-refractivity contribution in [1.29, 1.82) is 0 Å². The summed E-state index contributed by atoms with van der Waals surface area (Å²) in [5.41, 5.74) is 2.21. The number of hydrogen-bond acceptors (Lipinski definition) is 6. The molecule has 0 spiro atoms. The number of carbonyl (C=O) groups is 3. The third-order valence-corrected chi connectivity index (χ3v) is 7.02. The number of amides is 4. The zero-order valence-corrected chi connectivity index (χ0v) is 19.0. The standard InChI is InChI=1S/C23H34N6O3/c1-13-5-6-15(20(30)27-23(32)28-22-24-7-4-8-25-22)10-17(13)18-11-16-12-26-14(2)9-19(16)29(3)21(18)31/h5-6,10,14,16,18-19,22,24-26H,4,7-9,11-12H2,1-3H3,(H2,27,28,30,32). The van der Waals surface area contributed by atoms with Crippen molar-refractivity contribution in [2.24, 2.45) is 5.92 Å². The molecule has 3 aliphatic heterocycles. The Hall–Kier alpha value is -2.49. The monoisotopic (exact) mass is 442 g/mol. The van der Waals surface area contributed by atoms with Gasteiger partial charge in [0.1, 0.15) is 6.29 Å². The molecule has 3 saturated heterocycles. The summed E-state index contributed by atoms with van der Waals surface area (Å²) in [6.45, 7) is 6.61. The molecule has 4 unspecified atom stereocenters. The molecule has 5 N–H and O–H groups in total. The Bertz CT molecular complexity index is 884. The van der Waals surface area contributed by atoms with Crippen LogP contribution in [-0.4, -0.2) is 67.8 Å². The number of aryl methyl sites for hydroxylation is 1. The van der Waals surface area contributed by atoms with Crippen LogP contribution in [0.15, 0.2) is 18.2 Å². The smallest absolute Gasteiger partial charge is 0.323 e. The Kier molecular flexibility index (Phi) is 6.78. The zero-order valence-electron chi connectivity index (χ0n) is 19.0. The summed E-state index contributed by atoms with van der Waals surface area (Å²) in [5.74, 6) is -0.277. The van der Waals surface area contributed by atoms with Crippen LogP contribution in [0.25, 0.3) is 0 Å². The molecule has 32 heavy (non-hydrogen) atoms. The predicted molar refractivity (Wildman–Crippen MR) is 121 cm³/mol. The quantitative estimate of drug-likeness (QED) is 0.469. The van der Waals surface area contributed by atoms with E-state index in [1.54, 1.807) is 12.1 Å². The van der Waals surface area contributed by atoms with Gasteiger partial charge >= 0.3 is 6.03 Å². The Labute approximate surface area is 189 Å². The first kappa shape index (κ1) is 22.7. The number of hydrogen-bond donors (Lipinski definition) is 5. The molecule has 0 aliphatic carbocycles. The Balaban J connectivity index is 1.46. The Morgan fingerprint density at radius 3 is 2.62 bits per heavy atom.